The van der Waals surface area contributed by atoms with E-state index in [1.807, 2.05) is 0 Å². The fourth-order valence-corrected chi connectivity index (χ4v) is 6.16. The minimum atomic E-state index is 0.552. The Morgan fingerprint density at radius 3 is 2.38 bits per heavy atom. The van der Waals surface area contributed by atoms with Crippen LogP contribution in [0.25, 0.3) is 0 Å². The highest BCUT2D eigenvalue weighted by Gasteiger charge is 2.64. The van der Waals surface area contributed by atoms with Crippen LogP contribution in [0.2, 0.25) is 0 Å². The molecule has 0 saturated heterocycles. The van der Waals surface area contributed by atoms with E-state index in [1.54, 1.807) is 0 Å². The van der Waals surface area contributed by atoms with Gasteiger partial charge in [-0.3, -0.25) is 0 Å². The number of allylic oxidation sites excluding steroid dienone is 1. The Bertz CT molecular complexity index is 383. The SMILES string of the molecule is C=CC(C)C1(C2CCC2NC)CC(CC)C1C(C)C1CC1. The summed E-state index contributed by atoms with van der Waals surface area (Å²) in [4.78, 5) is 0. The highest BCUT2D eigenvalue weighted by molar-refractivity contribution is 5.16. The first-order valence-electron chi connectivity index (χ1n) is 9.39. The molecular weight excluding hydrogens is 254 g/mol. The van der Waals surface area contributed by atoms with Crippen LogP contribution in [-0.4, -0.2) is 13.1 Å². The summed E-state index contributed by atoms with van der Waals surface area (Å²) in [6, 6.07) is 0.763. The van der Waals surface area contributed by atoms with E-state index in [1.165, 1.54) is 38.5 Å². The summed E-state index contributed by atoms with van der Waals surface area (Å²) in [6.07, 6.45) is 10.9. The van der Waals surface area contributed by atoms with Gasteiger partial charge in [-0.2, -0.15) is 0 Å². The Hall–Kier alpha value is -0.300. The smallest absolute Gasteiger partial charge is 0.00980 e. The molecule has 1 heteroatoms. The minimum absolute atomic E-state index is 0.552. The lowest BCUT2D eigenvalue weighted by atomic mass is 9.38. The molecule has 3 rings (SSSR count). The summed E-state index contributed by atoms with van der Waals surface area (Å²) < 4.78 is 0. The van der Waals surface area contributed by atoms with E-state index in [0.717, 1.165) is 35.6 Å². The average Bonchev–Trinajstić information content (AvgIpc) is 3.25. The lowest BCUT2D eigenvalue weighted by Crippen LogP contribution is -2.64. The van der Waals surface area contributed by atoms with Crippen molar-refractivity contribution in [2.45, 2.75) is 65.3 Å². The van der Waals surface area contributed by atoms with Gasteiger partial charge in [0.05, 0.1) is 0 Å². The van der Waals surface area contributed by atoms with Gasteiger partial charge in [0.25, 0.3) is 0 Å². The van der Waals surface area contributed by atoms with Crippen LogP contribution in [0.15, 0.2) is 12.7 Å². The molecule has 21 heavy (non-hydrogen) atoms. The third kappa shape index (κ3) is 2.22. The van der Waals surface area contributed by atoms with E-state index in [-0.39, 0.29) is 0 Å². The van der Waals surface area contributed by atoms with Crippen LogP contribution in [0.1, 0.15) is 59.3 Å². The van der Waals surface area contributed by atoms with E-state index >= 15 is 0 Å². The van der Waals surface area contributed by atoms with Gasteiger partial charge in [0.15, 0.2) is 0 Å². The molecular formula is C20H35N. The molecule has 0 bridgehead atoms. The molecule has 0 aromatic rings. The lowest BCUT2D eigenvalue weighted by molar-refractivity contribution is -0.176. The maximum Gasteiger partial charge on any atom is 0.00980 e. The highest BCUT2D eigenvalue weighted by atomic mass is 14.9. The first-order chi connectivity index (χ1) is 10.1. The highest BCUT2D eigenvalue weighted by Crippen LogP contribution is 2.69. The maximum atomic E-state index is 4.18. The lowest BCUT2D eigenvalue weighted by Gasteiger charge is -2.67. The van der Waals surface area contributed by atoms with Crippen molar-refractivity contribution in [3.63, 3.8) is 0 Å². The zero-order valence-electron chi connectivity index (χ0n) is 14.6. The second-order valence-corrected chi connectivity index (χ2v) is 8.31. The molecule has 3 fully saturated rings. The molecule has 1 N–H and O–H groups in total. The summed E-state index contributed by atoms with van der Waals surface area (Å²) in [5.41, 5.74) is 0.552. The molecule has 0 aromatic heterocycles. The Balaban J connectivity index is 1.89. The predicted molar refractivity (Wildman–Crippen MR) is 91.1 cm³/mol. The summed E-state index contributed by atoms with van der Waals surface area (Å²) in [6.45, 7) is 11.6. The van der Waals surface area contributed by atoms with Crippen LogP contribution in [0.4, 0.5) is 0 Å². The van der Waals surface area contributed by atoms with Crippen LogP contribution >= 0.6 is 0 Å². The quantitative estimate of drug-likeness (QED) is 0.658. The Kier molecular flexibility index (Phi) is 4.25. The van der Waals surface area contributed by atoms with Gasteiger partial charge >= 0.3 is 0 Å². The van der Waals surface area contributed by atoms with Gasteiger partial charge in [-0.05, 0) is 80.1 Å². The van der Waals surface area contributed by atoms with Gasteiger partial charge in [0.1, 0.15) is 0 Å². The first-order valence-corrected chi connectivity index (χ1v) is 9.39. The molecule has 3 saturated carbocycles. The van der Waals surface area contributed by atoms with Gasteiger partial charge in [-0.25, -0.2) is 0 Å². The standard InChI is InChI=1S/C20H35N/c1-6-13(3)20(17-10-11-18(17)21-5)12-15(7-2)19(20)14(4)16-8-9-16/h6,13-19,21H,1,7-12H2,2-5H3. The van der Waals surface area contributed by atoms with Crippen LogP contribution in [0, 0.1) is 40.9 Å². The number of hydrogen-bond donors (Lipinski definition) is 1. The molecule has 0 radical (unpaired) electrons. The molecule has 1 nitrogen and oxygen atoms in total. The molecule has 7 atom stereocenters. The molecule has 3 aliphatic rings. The fraction of sp³-hybridized carbons (Fsp3) is 0.900. The van der Waals surface area contributed by atoms with Crippen molar-refractivity contribution in [3.8, 4) is 0 Å². The number of nitrogens with one attached hydrogen (secondary N) is 1. The van der Waals surface area contributed by atoms with Gasteiger partial charge in [0, 0.05) is 6.04 Å². The van der Waals surface area contributed by atoms with Crippen LogP contribution in [0.3, 0.4) is 0 Å². The van der Waals surface area contributed by atoms with Gasteiger partial charge in [0.2, 0.25) is 0 Å². The average molecular weight is 290 g/mol. The molecule has 0 aromatic carbocycles. The van der Waals surface area contributed by atoms with Crippen molar-refractivity contribution in [1.82, 2.24) is 5.32 Å². The second-order valence-electron chi connectivity index (χ2n) is 8.31. The van der Waals surface area contributed by atoms with Crippen LogP contribution in [-0.2, 0) is 0 Å². The van der Waals surface area contributed by atoms with Crippen molar-refractivity contribution in [1.29, 1.82) is 0 Å². The predicted octanol–water partition coefficient (Wildman–Crippen LogP) is 4.89. The normalized spacial score (nSPS) is 45.3. The summed E-state index contributed by atoms with van der Waals surface area (Å²) in [5, 5.41) is 3.61. The first kappa shape index (κ1) is 15.6. The van der Waals surface area contributed by atoms with E-state index in [9.17, 15) is 0 Å². The molecule has 0 amide bonds. The van der Waals surface area contributed by atoms with E-state index in [4.69, 9.17) is 0 Å². The molecule has 7 unspecified atom stereocenters. The third-order valence-electron chi connectivity index (χ3n) is 7.74. The van der Waals surface area contributed by atoms with Crippen molar-refractivity contribution < 1.29 is 0 Å². The maximum absolute atomic E-state index is 4.18. The van der Waals surface area contributed by atoms with E-state index in [0.29, 0.717) is 11.3 Å². The van der Waals surface area contributed by atoms with Gasteiger partial charge in [-0.15, -0.1) is 6.58 Å². The largest absolute Gasteiger partial charge is 0.317 e. The zero-order valence-corrected chi connectivity index (χ0v) is 14.6. The third-order valence-corrected chi connectivity index (χ3v) is 7.74. The minimum Gasteiger partial charge on any atom is -0.317 e. The van der Waals surface area contributed by atoms with Crippen LogP contribution < -0.4 is 5.32 Å². The summed E-state index contributed by atoms with van der Waals surface area (Å²) in [7, 11) is 2.17. The van der Waals surface area contributed by atoms with Crippen molar-refractivity contribution in [3.05, 3.63) is 12.7 Å². The molecule has 0 heterocycles. The van der Waals surface area contributed by atoms with Gasteiger partial charge in [-0.1, -0.05) is 33.3 Å². The Morgan fingerprint density at radius 2 is 1.95 bits per heavy atom. The van der Waals surface area contributed by atoms with Crippen molar-refractivity contribution in [2.24, 2.45) is 40.9 Å². The number of hydrogen-bond acceptors (Lipinski definition) is 1. The zero-order chi connectivity index (χ0) is 15.2. The topological polar surface area (TPSA) is 12.0 Å². The number of rotatable bonds is 7. The molecule has 3 aliphatic carbocycles. The fourth-order valence-electron chi connectivity index (χ4n) is 6.16. The summed E-state index contributed by atoms with van der Waals surface area (Å²) in [5.74, 6) is 5.46. The van der Waals surface area contributed by atoms with E-state index in [2.05, 4.69) is 45.8 Å². The Labute approximate surface area is 132 Å². The van der Waals surface area contributed by atoms with Crippen molar-refractivity contribution >= 4 is 0 Å². The van der Waals surface area contributed by atoms with Gasteiger partial charge < -0.3 is 5.32 Å². The second kappa shape index (κ2) is 5.72. The Morgan fingerprint density at radius 1 is 1.24 bits per heavy atom. The van der Waals surface area contributed by atoms with Crippen LogP contribution in [0.5, 0.6) is 0 Å². The monoisotopic (exact) mass is 289 g/mol. The van der Waals surface area contributed by atoms with E-state index < -0.39 is 0 Å². The molecule has 0 aliphatic heterocycles. The molecule has 0 spiro atoms. The van der Waals surface area contributed by atoms with Crippen molar-refractivity contribution in [2.75, 3.05) is 7.05 Å². The molecule has 120 valence electrons. The summed E-state index contributed by atoms with van der Waals surface area (Å²) >= 11 is 0.